The van der Waals surface area contributed by atoms with Gasteiger partial charge in [-0.1, -0.05) is 31.0 Å². The molecule has 4 heterocycles. The molecule has 4 fully saturated rings. The minimum atomic E-state index is -0.367. The fourth-order valence-electron chi connectivity index (χ4n) is 5.77. The summed E-state index contributed by atoms with van der Waals surface area (Å²) >= 11 is 0. The van der Waals surface area contributed by atoms with Crippen LogP contribution >= 0.6 is 0 Å². The fraction of sp³-hybridized carbons (Fsp3) is 0.583. The Labute approximate surface area is 178 Å². The quantitative estimate of drug-likeness (QED) is 0.791. The maximum Gasteiger partial charge on any atom is 0.411 e. The van der Waals surface area contributed by atoms with Crippen LogP contribution in [0.4, 0.5) is 10.5 Å². The van der Waals surface area contributed by atoms with E-state index in [-0.39, 0.29) is 6.09 Å². The van der Waals surface area contributed by atoms with Crippen molar-refractivity contribution in [3.8, 4) is 0 Å². The fourth-order valence-corrected chi connectivity index (χ4v) is 5.77. The second-order valence-corrected chi connectivity index (χ2v) is 9.23. The minimum Gasteiger partial charge on any atom is -0.448 e. The van der Waals surface area contributed by atoms with Gasteiger partial charge in [0.1, 0.15) is 6.61 Å². The SMILES string of the molecule is Cn1nc(C2CCCC2)cc1[C@@H]1CN2CC[C@H]1C[C@@H]2COC(=O)Nc1ccccc1. The lowest BCUT2D eigenvalue weighted by Gasteiger charge is -2.49. The number of para-hydroxylation sites is 1. The van der Waals surface area contributed by atoms with Gasteiger partial charge in [-0.3, -0.25) is 14.9 Å². The number of rotatable bonds is 5. The maximum atomic E-state index is 12.2. The van der Waals surface area contributed by atoms with Gasteiger partial charge in [0.05, 0.1) is 5.69 Å². The first-order valence-corrected chi connectivity index (χ1v) is 11.4. The number of anilines is 1. The molecular weight excluding hydrogens is 376 g/mol. The number of aromatic nitrogens is 2. The summed E-state index contributed by atoms with van der Waals surface area (Å²) in [5.41, 5.74) is 3.47. The number of nitrogens with one attached hydrogen (secondary N) is 1. The predicted molar refractivity (Wildman–Crippen MR) is 117 cm³/mol. The third-order valence-electron chi connectivity index (χ3n) is 7.39. The van der Waals surface area contributed by atoms with E-state index in [1.54, 1.807) is 0 Å². The number of carbonyl (C=O) groups excluding carboxylic acids is 1. The molecule has 2 aromatic rings. The molecule has 6 nitrogen and oxygen atoms in total. The van der Waals surface area contributed by atoms with E-state index < -0.39 is 0 Å². The minimum absolute atomic E-state index is 0.323. The molecule has 30 heavy (non-hydrogen) atoms. The Balaban J connectivity index is 1.19. The van der Waals surface area contributed by atoms with Crippen molar-refractivity contribution in [3.05, 3.63) is 47.8 Å². The van der Waals surface area contributed by atoms with E-state index >= 15 is 0 Å². The van der Waals surface area contributed by atoms with E-state index in [0.717, 1.165) is 25.2 Å². The zero-order valence-corrected chi connectivity index (χ0v) is 17.8. The van der Waals surface area contributed by atoms with Gasteiger partial charge in [-0.15, -0.1) is 0 Å². The molecule has 160 valence electrons. The molecular formula is C24H32N4O2. The monoisotopic (exact) mass is 408 g/mol. The van der Waals surface area contributed by atoms with E-state index in [1.807, 2.05) is 30.3 Å². The Morgan fingerprint density at radius 2 is 2.00 bits per heavy atom. The molecule has 6 heteroatoms. The highest BCUT2D eigenvalue weighted by atomic mass is 16.5. The molecule has 1 N–H and O–H groups in total. The summed E-state index contributed by atoms with van der Waals surface area (Å²) in [7, 11) is 2.11. The van der Waals surface area contributed by atoms with Crippen molar-refractivity contribution in [2.24, 2.45) is 13.0 Å². The van der Waals surface area contributed by atoms with Gasteiger partial charge >= 0.3 is 6.09 Å². The number of ether oxygens (including phenoxy) is 1. The Bertz CT molecular complexity index is 875. The van der Waals surface area contributed by atoms with Gasteiger partial charge in [0.25, 0.3) is 0 Å². The molecule has 1 aromatic heterocycles. The molecule has 4 atom stereocenters. The van der Waals surface area contributed by atoms with E-state index in [9.17, 15) is 4.79 Å². The summed E-state index contributed by atoms with van der Waals surface area (Å²) in [6.07, 6.45) is 7.22. The van der Waals surface area contributed by atoms with Gasteiger partial charge in [0.15, 0.2) is 0 Å². The van der Waals surface area contributed by atoms with E-state index in [2.05, 4.69) is 28.0 Å². The highest BCUT2D eigenvalue weighted by Crippen LogP contribution is 2.43. The topological polar surface area (TPSA) is 59.4 Å². The van der Waals surface area contributed by atoms with E-state index in [1.165, 1.54) is 43.5 Å². The van der Waals surface area contributed by atoms with Gasteiger partial charge in [0, 0.05) is 42.9 Å². The third kappa shape index (κ3) is 3.97. The molecule has 1 amide bonds. The highest BCUT2D eigenvalue weighted by molar-refractivity contribution is 5.84. The highest BCUT2D eigenvalue weighted by Gasteiger charge is 2.42. The van der Waals surface area contributed by atoms with Crippen LogP contribution < -0.4 is 5.32 Å². The molecule has 3 aliphatic heterocycles. The maximum absolute atomic E-state index is 12.2. The van der Waals surface area contributed by atoms with Crippen LogP contribution in [0.25, 0.3) is 0 Å². The van der Waals surface area contributed by atoms with Crippen molar-refractivity contribution >= 4 is 11.8 Å². The Kier molecular flexibility index (Phi) is 5.50. The smallest absolute Gasteiger partial charge is 0.411 e. The molecule has 0 spiro atoms. The Hall–Kier alpha value is -2.34. The van der Waals surface area contributed by atoms with Crippen LogP contribution in [-0.4, -0.2) is 46.5 Å². The molecule has 1 saturated carbocycles. The number of aryl methyl sites for hydroxylation is 1. The lowest BCUT2D eigenvalue weighted by molar-refractivity contribution is -0.00222. The standard InChI is InChI=1S/C24H32N4O2/c1-27-23(14-22(26-27)17-7-5-6-8-17)21-15-28-12-11-18(21)13-20(28)16-30-24(29)25-19-9-3-2-4-10-19/h2-4,9-10,14,17-18,20-21H,5-8,11-13,15-16H2,1H3,(H,25,29)/t18-,20+,21+/m0/s1. The van der Waals surface area contributed by atoms with Crippen LogP contribution in [0.15, 0.2) is 36.4 Å². The van der Waals surface area contributed by atoms with Crippen LogP contribution in [0.1, 0.15) is 61.7 Å². The molecule has 6 rings (SSSR count). The molecule has 3 saturated heterocycles. The van der Waals surface area contributed by atoms with Crippen molar-refractivity contribution in [1.82, 2.24) is 14.7 Å². The van der Waals surface area contributed by atoms with E-state index in [0.29, 0.717) is 30.4 Å². The Morgan fingerprint density at radius 3 is 2.73 bits per heavy atom. The summed E-state index contributed by atoms with van der Waals surface area (Å²) < 4.78 is 7.70. The summed E-state index contributed by atoms with van der Waals surface area (Å²) in [5.74, 6) is 1.85. The van der Waals surface area contributed by atoms with Crippen molar-refractivity contribution in [3.63, 3.8) is 0 Å². The molecule has 4 aliphatic rings. The van der Waals surface area contributed by atoms with Gasteiger partial charge in [-0.2, -0.15) is 5.10 Å². The normalized spacial score (nSPS) is 28.6. The summed E-state index contributed by atoms with van der Waals surface area (Å²) in [6.45, 7) is 2.60. The number of hydrogen-bond acceptors (Lipinski definition) is 4. The van der Waals surface area contributed by atoms with Crippen LogP contribution in [0, 0.1) is 5.92 Å². The summed E-state index contributed by atoms with van der Waals surface area (Å²) in [6, 6.07) is 12.2. The molecule has 1 unspecified atom stereocenters. The van der Waals surface area contributed by atoms with Crippen LogP contribution in [0.2, 0.25) is 0 Å². The molecule has 1 aliphatic carbocycles. The molecule has 0 radical (unpaired) electrons. The average Bonchev–Trinajstić information content (AvgIpc) is 3.43. The molecule has 2 bridgehead atoms. The average molecular weight is 409 g/mol. The molecule has 1 aromatic carbocycles. The van der Waals surface area contributed by atoms with Gasteiger partial charge in [0.2, 0.25) is 0 Å². The number of hydrogen-bond donors (Lipinski definition) is 1. The third-order valence-corrected chi connectivity index (χ3v) is 7.39. The number of amides is 1. The van der Waals surface area contributed by atoms with Gasteiger partial charge in [-0.25, -0.2) is 4.79 Å². The van der Waals surface area contributed by atoms with Crippen molar-refractivity contribution < 1.29 is 9.53 Å². The van der Waals surface area contributed by atoms with Crippen LogP contribution in [-0.2, 0) is 11.8 Å². The van der Waals surface area contributed by atoms with Gasteiger partial charge < -0.3 is 4.74 Å². The van der Waals surface area contributed by atoms with E-state index in [4.69, 9.17) is 9.84 Å². The number of nitrogens with zero attached hydrogens (tertiary/aromatic N) is 3. The zero-order chi connectivity index (χ0) is 20.5. The van der Waals surface area contributed by atoms with Crippen LogP contribution in [0.3, 0.4) is 0 Å². The summed E-state index contributed by atoms with van der Waals surface area (Å²) in [4.78, 5) is 14.7. The number of piperidine rings is 3. The zero-order valence-electron chi connectivity index (χ0n) is 17.8. The summed E-state index contributed by atoms with van der Waals surface area (Å²) in [5, 5.41) is 7.70. The lowest BCUT2D eigenvalue weighted by Crippen LogP contribution is -2.54. The Morgan fingerprint density at radius 1 is 1.20 bits per heavy atom. The van der Waals surface area contributed by atoms with Crippen LogP contribution in [0.5, 0.6) is 0 Å². The lowest BCUT2D eigenvalue weighted by atomic mass is 9.74. The first-order valence-electron chi connectivity index (χ1n) is 11.4. The van der Waals surface area contributed by atoms with Gasteiger partial charge in [-0.05, 0) is 56.3 Å². The van der Waals surface area contributed by atoms with Crippen molar-refractivity contribution in [1.29, 1.82) is 0 Å². The largest absolute Gasteiger partial charge is 0.448 e. The second-order valence-electron chi connectivity index (χ2n) is 9.23. The number of carbonyl (C=O) groups is 1. The number of benzene rings is 1. The predicted octanol–water partition coefficient (Wildman–Crippen LogP) is 4.50. The van der Waals surface area contributed by atoms with Crippen molar-refractivity contribution in [2.75, 3.05) is 25.0 Å². The van der Waals surface area contributed by atoms with Crippen molar-refractivity contribution in [2.45, 2.75) is 56.4 Å². The first kappa shape index (κ1) is 19.6. The number of fused-ring (bicyclic) bond motifs is 3. The first-order chi connectivity index (χ1) is 14.7. The second kappa shape index (κ2) is 8.42.